The lowest BCUT2D eigenvalue weighted by molar-refractivity contribution is 0.415. The number of hydrogen-bond donors (Lipinski definition) is 1. The standard InChI is InChI=1S/C17H15NO2S/c1-11(18-12-7-9-13(20-2)10-8-12)17-16(19)14-5-3-4-6-15(14)21-17/h3-10,19H,1-2H3. The summed E-state index contributed by atoms with van der Waals surface area (Å²) in [7, 11) is 1.64. The van der Waals surface area contributed by atoms with Crippen LogP contribution in [0, 0.1) is 0 Å². The fraction of sp³-hybridized carbons (Fsp3) is 0.118. The van der Waals surface area contributed by atoms with Crippen molar-refractivity contribution in [1.82, 2.24) is 0 Å². The smallest absolute Gasteiger partial charge is 0.143 e. The number of rotatable bonds is 3. The molecule has 0 radical (unpaired) electrons. The molecule has 0 saturated carbocycles. The van der Waals surface area contributed by atoms with Crippen molar-refractivity contribution in [2.45, 2.75) is 6.92 Å². The van der Waals surface area contributed by atoms with Crippen LogP contribution in [-0.4, -0.2) is 17.9 Å². The average Bonchev–Trinajstić information content (AvgIpc) is 2.86. The van der Waals surface area contributed by atoms with Gasteiger partial charge in [0.25, 0.3) is 0 Å². The van der Waals surface area contributed by atoms with Gasteiger partial charge in [-0.3, -0.25) is 4.99 Å². The zero-order chi connectivity index (χ0) is 14.8. The van der Waals surface area contributed by atoms with Crippen molar-refractivity contribution >= 4 is 32.8 Å². The number of ether oxygens (including phenoxy) is 1. The van der Waals surface area contributed by atoms with Gasteiger partial charge in [-0.2, -0.15) is 0 Å². The molecule has 0 fully saturated rings. The maximum Gasteiger partial charge on any atom is 0.143 e. The van der Waals surface area contributed by atoms with Crippen molar-refractivity contribution in [2.24, 2.45) is 4.99 Å². The Balaban J connectivity index is 2.00. The minimum atomic E-state index is 0.311. The molecule has 21 heavy (non-hydrogen) atoms. The molecular weight excluding hydrogens is 282 g/mol. The Morgan fingerprint density at radius 1 is 1.10 bits per heavy atom. The highest BCUT2D eigenvalue weighted by Crippen LogP contribution is 2.37. The minimum Gasteiger partial charge on any atom is -0.506 e. The molecule has 3 nitrogen and oxygen atoms in total. The highest BCUT2D eigenvalue weighted by atomic mass is 32.1. The SMILES string of the molecule is COc1ccc(N=C(C)c2sc3ccccc3c2O)cc1. The number of benzene rings is 2. The van der Waals surface area contributed by atoms with Crippen molar-refractivity contribution in [3.63, 3.8) is 0 Å². The molecular formula is C17H15NO2S. The molecule has 0 atom stereocenters. The third-order valence-electron chi connectivity index (χ3n) is 3.27. The van der Waals surface area contributed by atoms with Crippen LogP contribution in [0.5, 0.6) is 11.5 Å². The van der Waals surface area contributed by atoms with E-state index in [9.17, 15) is 5.11 Å². The van der Waals surface area contributed by atoms with E-state index in [0.29, 0.717) is 5.75 Å². The first-order valence-electron chi connectivity index (χ1n) is 6.59. The first-order chi connectivity index (χ1) is 10.2. The van der Waals surface area contributed by atoms with Crippen LogP contribution in [0.4, 0.5) is 5.69 Å². The quantitative estimate of drug-likeness (QED) is 0.708. The van der Waals surface area contributed by atoms with Crippen LogP contribution < -0.4 is 4.74 Å². The molecule has 3 aromatic rings. The van der Waals surface area contributed by atoms with Crippen molar-refractivity contribution in [2.75, 3.05) is 7.11 Å². The molecule has 0 aliphatic carbocycles. The van der Waals surface area contributed by atoms with Gasteiger partial charge in [-0.25, -0.2) is 0 Å². The third kappa shape index (κ3) is 2.62. The van der Waals surface area contributed by atoms with Crippen LogP contribution in [0.25, 0.3) is 10.1 Å². The summed E-state index contributed by atoms with van der Waals surface area (Å²) in [4.78, 5) is 5.38. The van der Waals surface area contributed by atoms with E-state index < -0.39 is 0 Å². The zero-order valence-corrected chi connectivity index (χ0v) is 12.6. The predicted molar refractivity (Wildman–Crippen MR) is 88.4 cm³/mol. The summed E-state index contributed by atoms with van der Waals surface area (Å²) < 4.78 is 6.20. The van der Waals surface area contributed by atoms with E-state index >= 15 is 0 Å². The normalized spacial score (nSPS) is 11.8. The topological polar surface area (TPSA) is 41.8 Å². The molecule has 0 bridgehead atoms. The Bertz CT molecular complexity index is 803. The molecule has 1 heterocycles. The fourth-order valence-electron chi connectivity index (χ4n) is 2.18. The molecule has 0 saturated heterocycles. The Morgan fingerprint density at radius 3 is 2.48 bits per heavy atom. The summed E-state index contributed by atoms with van der Waals surface area (Å²) in [5, 5.41) is 11.2. The van der Waals surface area contributed by atoms with Gasteiger partial charge >= 0.3 is 0 Å². The Kier molecular flexibility index (Phi) is 3.62. The van der Waals surface area contributed by atoms with E-state index in [1.54, 1.807) is 18.4 Å². The maximum absolute atomic E-state index is 10.3. The maximum atomic E-state index is 10.3. The summed E-state index contributed by atoms with van der Waals surface area (Å²) in [6, 6.07) is 15.4. The first-order valence-corrected chi connectivity index (χ1v) is 7.41. The number of hydrogen-bond acceptors (Lipinski definition) is 4. The summed E-state index contributed by atoms with van der Waals surface area (Å²) in [5.41, 5.74) is 1.64. The third-order valence-corrected chi connectivity index (χ3v) is 4.54. The van der Waals surface area contributed by atoms with Crippen LogP contribution in [-0.2, 0) is 0 Å². The lowest BCUT2D eigenvalue weighted by Crippen LogP contribution is -1.90. The van der Waals surface area contributed by atoms with Crippen molar-refractivity contribution < 1.29 is 9.84 Å². The fourth-order valence-corrected chi connectivity index (χ4v) is 3.22. The lowest BCUT2D eigenvalue weighted by atomic mass is 10.2. The Morgan fingerprint density at radius 2 is 1.81 bits per heavy atom. The number of methoxy groups -OCH3 is 1. The van der Waals surface area contributed by atoms with Crippen LogP contribution >= 0.6 is 11.3 Å². The van der Waals surface area contributed by atoms with E-state index in [1.165, 1.54) is 0 Å². The molecule has 1 aromatic heterocycles. The van der Waals surface area contributed by atoms with Gasteiger partial charge in [0.1, 0.15) is 11.5 Å². The van der Waals surface area contributed by atoms with Gasteiger partial charge in [0.05, 0.1) is 23.4 Å². The van der Waals surface area contributed by atoms with Crippen LogP contribution in [0.2, 0.25) is 0 Å². The van der Waals surface area contributed by atoms with Gasteiger partial charge in [0, 0.05) is 10.1 Å². The van der Waals surface area contributed by atoms with Gasteiger partial charge in [-0.05, 0) is 43.3 Å². The Hall–Kier alpha value is -2.33. The monoisotopic (exact) mass is 297 g/mol. The summed E-state index contributed by atoms with van der Waals surface area (Å²) in [6.07, 6.45) is 0. The van der Waals surface area contributed by atoms with Crippen LogP contribution in [0.15, 0.2) is 53.5 Å². The highest BCUT2D eigenvalue weighted by Gasteiger charge is 2.13. The lowest BCUT2D eigenvalue weighted by Gasteiger charge is -2.01. The second-order valence-electron chi connectivity index (χ2n) is 4.67. The summed E-state index contributed by atoms with van der Waals surface area (Å²) in [5.74, 6) is 1.11. The highest BCUT2D eigenvalue weighted by molar-refractivity contribution is 7.21. The molecule has 4 heteroatoms. The second kappa shape index (κ2) is 5.58. The van der Waals surface area contributed by atoms with Crippen molar-refractivity contribution in [3.8, 4) is 11.5 Å². The van der Waals surface area contributed by atoms with E-state index in [0.717, 1.165) is 32.1 Å². The first kappa shape index (κ1) is 13.6. The Labute approximate surface area is 127 Å². The molecule has 2 aromatic carbocycles. The number of thiophene rings is 1. The molecule has 0 unspecified atom stereocenters. The average molecular weight is 297 g/mol. The van der Waals surface area contributed by atoms with E-state index in [4.69, 9.17) is 4.74 Å². The number of aliphatic imine (C=N–C) groups is 1. The van der Waals surface area contributed by atoms with Gasteiger partial charge in [-0.1, -0.05) is 12.1 Å². The molecule has 0 aliphatic heterocycles. The van der Waals surface area contributed by atoms with Gasteiger partial charge < -0.3 is 9.84 Å². The minimum absolute atomic E-state index is 0.311. The number of aromatic hydroxyl groups is 1. The van der Waals surface area contributed by atoms with Gasteiger partial charge in [0.2, 0.25) is 0 Å². The molecule has 0 spiro atoms. The molecule has 0 aliphatic rings. The number of nitrogens with zero attached hydrogens (tertiary/aromatic N) is 1. The summed E-state index contributed by atoms with van der Waals surface area (Å²) in [6.45, 7) is 1.91. The molecule has 3 rings (SSSR count). The molecule has 0 amide bonds. The van der Waals surface area contributed by atoms with Crippen LogP contribution in [0.3, 0.4) is 0 Å². The number of fused-ring (bicyclic) bond motifs is 1. The molecule has 1 N–H and O–H groups in total. The van der Waals surface area contributed by atoms with E-state index in [2.05, 4.69) is 4.99 Å². The van der Waals surface area contributed by atoms with Crippen molar-refractivity contribution in [3.05, 3.63) is 53.4 Å². The zero-order valence-electron chi connectivity index (χ0n) is 11.8. The van der Waals surface area contributed by atoms with Gasteiger partial charge in [0.15, 0.2) is 0 Å². The second-order valence-corrected chi connectivity index (χ2v) is 5.72. The van der Waals surface area contributed by atoms with E-state index in [-0.39, 0.29) is 0 Å². The van der Waals surface area contributed by atoms with Gasteiger partial charge in [-0.15, -0.1) is 11.3 Å². The molecule has 106 valence electrons. The van der Waals surface area contributed by atoms with Crippen LogP contribution in [0.1, 0.15) is 11.8 Å². The summed E-state index contributed by atoms with van der Waals surface area (Å²) >= 11 is 1.55. The largest absolute Gasteiger partial charge is 0.506 e. The van der Waals surface area contributed by atoms with E-state index in [1.807, 2.05) is 55.5 Å². The van der Waals surface area contributed by atoms with Crippen molar-refractivity contribution in [1.29, 1.82) is 0 Å². The predicted octanol–water partition coefficient (Wildman–Crippen LogP) is 4.76.